The molecule has 0 bridgehead atoms. The molecule has 0 aliphatic heterocycles. The molecule has 146 valence electrons. The first-order chi connectivity index (χ1) is 13.8. The molecule has 0 spiro atoms. The van der Waals surface area contributed by atoms with Crippen LogP contribution >= 0.6 is 11.3 Å². The molecule has 1 N–H and O–H groups in total. The number of carbonyl (C=O) groups excluding carboxylic acids is 1. The first kappa shape index (κ1) is 18.7. The number of hydrogen-bond acceptors (Lipinski definition) is 6. The van der Waals surface area contributed by atoms with Gasteiger partial charge in [0.2, 0.25) is 5.88 Å². The van der Waals surface area contributed by atoms with Gasteiger partial charge in [0.1, 0.15) is 16.9 Å². The first-order valence-electron chi connectivity index (χ1n) is 9.66. The zero-order valence-corrected chi connectivity index (χ0v) is 16.7. The van der Waals surface area contributed by atoms with Gasteiger partial charge in [-0.3, -0.25) is 4.79 Å². The summed E-state index contributed by atoms with van der Waals surface area (Å²) in [6.45, 7) is 2.33. The molecule has 2 heterocycles. The predicted molar refractivity (Wildman–Crippen MR) is 110 cm³/mol. The van der Waals surface area contributed by atoms with Crippen molar-refractivity contribution in [3.63, 3.8) is 0 Å². The number of nitrogens with zero attached hydrogens (tertiary/aromatic N) is 2. The quantitative estimate of drug-likeness (QED) is 0.625. The lowest BCUT2D eigenvalue weighted by molar-refractivity contribution is -0.118. The maximum Gasteiger partial charge on any atom is 0.262 e. The number of fused-ring (bicyclic) bond motifs is 3. The maximum absolute atomic E-state index is 12.4. The predicted octanol–water partition coefficient (Wildman–Crippen LogP) is 4.38. The van der Waals surface area contributed by atoms with Crippen molar-refractivity contribution in [3.05, 3.63) is 41.0 Å². The molecule has 3 aromatic rings. The second kappa shape index (κ2) is 8.56. The summed E-state index contributed by atoms with van der Waals surface area (Å²) in [7, 11) is 0. The van der Waals surface area contributed by atoms with Gasteiger partial charge in [0.25, 0.3) is 5.91 Å². The Labute approximate surface area is 167 Å². The molecule has 1 aliphatic rings. The molecule has 0 unspecified atom stereocenters. The highest BCUT2D eigenvalue weighted by molar-refractivity contribution is 7.18. The number of rotatable bonds is 6. The fourth-order valence-electron chi connectivity index (χ4n) is 3.52. The number of para-hydroxylation sites is 2. The van der Waals surface area contributed by atoms with Crippen molar-refractivity contribution in [2.24, 2.45) is 0 Å². The Bertz CT molecular complexity index is 986. The number of nitrogens with one attached hydrogen (secondary N) is 1. The second-order valence-electron chi connectivity index (χ2n) is 6.69. The van der Waals surface area contributed by atoms with Crippen LogP contribution in [0.2, 0.25) is 0 Å². The summed E-state index contributed by atoms with van der Waals surface area (Å²) < 4.78 is 11.4. The monoisotopic (exact) mass is 397 g/mol. The fraction of sp³-hybridized carbons (Fsp3) is 0.381. The Hall–Kier alpha value is -2.67. The number of anilines is 1. The number of benzene rings is 1. The topological polar surface area (TPSA) is 73.3 Å². The number of thiophene rings is 1. The van der Waals surface area contributed by atoms with E-state index in [9.17, 15) is 4.79 Å². The molecule has 6 nitrogen and oxygen atoms in total. The van der Waals surface area contributed by atoms with Gasteiger partial charge >= 0.3 is 0 Å². The molecule has 28 heavy (non-hydrogen) atoms. The Morgan fingerprint density at radius 1 is 1.14 bits per heavy atom. The minimum atomic E-state index is -0.250. The normalized spacial score (nSPS) is 13.6. The highest BCUT2D eigenvalue weighted by Gasteiger charge is 2.20. The highest BCUT2D eigenvalue weighted by atomic mass is 32.1. The lowest BCUT2D eigenvalue weighted by Crippen LogP contribution is -2.21. The standard InChI is InChI=1S/C21H23N3O3S/c1-2-26-16-10-7-6-9-15(16)24-18(25)12-27-20-19-14-8-4-3-5-11-17(14)28-21(19)23-13-22-20/h6-7,9-10,13H,2-5,8,11-12H2,1H3,(H,24,25). The smallest absolute Gasteiger partial charge is 0.262 e. The van der Waals surface area contributed by atoms with Gasteiger partial charge in [0.05, 0.1) is 17.7 Å². The number of ether oxygens (including phenoxy) is 2. The molecule has 1 aliphatic carbocycles. The Kier molecular flexibility index (Phi) is 5.71. The van der Waals surface area contributed by atoms with E-state index in [-0.39, 0.29) is 12.5 Å². The SMILES string of the molecule is CCOc1ccccc1NC(=O)COc1ncnc2sc3c(c12)CCCCC3. The van der Waals surface area contributed by atoms with E-state index in [1.807, 2.05) is 31.2 Å². The van der Waals surface area contributed by atoms with Crippen LogP contribution in [0.5, 0.6) is 11.6 Å². The zero-order chi connectivity index (χ0) is 19.3. The number of aryl methyl sites for hydroxylation is 2. The lowest BCUT2D eigenvalue weighted by atomic mass is 10.1. The van der Waals surface area contributed by atoms with Crippen molar-refractivity contribution in [1.29, 1.82) is 0 Å². The molecule has 0 fully saturated rings. The summed E-state index contributed by atoms with van der Waals surface area (Å²) in [6, 6.07) is 7.36. The third-order valence-electron chi connectivity index (χ3n) is 4.77. The first-order valence-corrected chi connectivity index (χ1v) is 10.5. The van der Waals surface area contributed by atoms with Crippen LogP contribution in [0.4, 0.5) is 5.69 Å². The van der Waals surface area contributed by atoms with Crippen molar-refractivity contribution >= 4 is 33.1 Å². The van der Waals surface area contributed by atoms with Gasteiger partial charge in [-0.1, -0.05) is 18.6 Å². The molecule has 4 rings (SSSR count). The van der Waals surface area contributed by atoms with Gasteiger partial charge < -0.3 is 14.8 Å². The summed E-state index contributed by atoms with van der Waals surface area (Å²) in [5.74, 6) is 0.892. The number of amides is 1. The summed E-state index contributed by atoms with van der Waals surface area (Å²) >= 11 is 1.72. The van der Waals surface area contributed by atoms with Gasteiger partial charge in [-0.25, -0.2) is 9.97 Å². The summed E-state index contributed by atoms with van der Waals surface area (Å²) in [5, 5.41) is 3.83. The minimum Gasteiger partial charge on any atom is -0.492 e. The van der Waals surface area contributed by atoms with Crippen molar-refractivity contribution in [3.8, 4) is 11.6 Å². The van der Waals surface area contributed by atoms with E-state index >= 15 is 0 Å². The van der Waals surface area contributed by atoms with E-state index in [1.54, 1.807) is 11.3 Å². The molecular formula is C21H23N3O3S. The Morgan fingerprint density at radius 2 is 2.00 bits per heavy atom. The van der Waals surface area contributed by atoms with Gasteiger partial charge in [0.15, 0.2) is 6.61 Å². The van der Waals surface area contributed by atoms with Crippen LogP contribution in [0.1, 0.15) is 36.6 Å². The van der Waals surface area contributed by atoms with E-state index in [2.05, 4.69) is 15.3 Å². The molecule has 1 amide bonds. The molecule has 0 saturated heterocycles. The molecule has 0 atom stereocenters. The highest BCUT2D eigenvalue weighted by Crippen LogP contribution is 2.38. The van der Waals surface area contributed by atoms with Gasteiger partial charge in [-0.05, 0) is 50.3 Å². The van der Waals surface area contributed by atoms with Crippen LogP contribution in [-0.4, -0.2) is 29.1 Å². The lowest BCUT2D eigenvalue weighted by Gasteiger charge is -2.12. The van der Waals surface area contributed by atoms with Crippen LogP contribution in [-0.2, 0) is 17.6 Å². The molecule has 1 aromatic carbocycles. The van der Waals surface area contributed by atoms with E-state index in [0.717, 1.165) is 23.1 Å². The Balaban J connectivity index is 1.50. The largest absolute Gasteiger partial charge is 0.492 e. The average Bonchev–Trinajstić information content (AvgIpc) is 2.90. The molecule has 0 radical (unpaired) electrons. The van der Waals surface area contributed by atoms with E-state index < -0.39 is 0 Å². The zero-order valence-electron chi connectivity index (χ0n) is 15.9. The van der Waals surface area contributed by atoms with Crippen molar-refractivity contribution in [1.82, 2.24) is 9.97 Å². The van der Waals surface area contributed by atoms with Crippen LogP contribution in [0.15, 0.2) is 30.6 Å². The van der Waals surface area contributed by atoms with E-state index in [1.165, 1.54) is 36.0 Å². The molecule has 2 aromatic heterocycles. The van der Waals surface area contributed by atoms with Gasteiger partial charge in [-0.2, -0.15) is 0 Å². The molecule has 0 saturated carbocycles. The summed E-state index contributed by atoms with van der Waals surface area (Å²) in [4.78, 5) is 23.5. The van der Waals surface area contributed by atoms with Crippen LogP contribution in [0.3, 0.4) is 0 Å². The van der Waals surface area contributed by atoms with E-state index in [4.69, 9.17) is 9.47 Å². The third kappa shape index (κ3) is 3.94. The maximum atomic E-state index is 12.4. The number of hydrogen-bond donors (Lipinski definition) is 1. The third-order valence-corrected chi connectivity index (χ3v) is 5.97. The summed E-state index contributed by atoms with van der Waals surface area (Å²) in [6.07, 6.45) is 7.24. The average molecular weight is 398 g/mol. The molecule has 7 heteroatoms. The van der Waals surface area contributed by atoms with Crippen LogP contribution in [0, 0.1) is 0 Å². The second-order valence-corrected chi connectivity index (χ2v) is 7.77. The van der Waals surface area contributed by atoms with Crippen molar-refractivity contribution in [2.75, 3.05) is 18.5 Å². The number of aromatic nitrogens is 2. The number of carbonyl (C=O) groups is 1. The van der Waals surface area contributed by atoms with Crippen LogP contribution in [0.25, 0.3) is 10.2 Å². The fourth-order valence-corrected chi connectivity index (χ4v) is 4.74. The van der Waals surface area contributed by atoms with Gasteiger partial charge in [0, 0.05) is 4.88 Å². The van der Waals surface area contributed by atoms with E-state index in [0.29, 0.717) is 23.9 Å². The minimum absolute atomic E-state index is 0.114. The Morgan fingerprint density at radius 3 is 2.89 bits per heavy atom. The molecular weight excluding hydrogens is 374 g/mol. The van der Waals surface area contributed by atoms with Crippen molar-refractivity contribution in [2.45, 2.75) is 39.0 Å². The van der Waals surface area contributed by atoms with Crippen LogP contribution < -0.4 is 14.8 Å². The van der Waals surface area contributed by atoms with Gasteiger partial charge in [-0.15, -0.1) is 11.3 Å². The summed E-state index contributed by atoms with van der Waals surface area (Å²) in [5.41, 5.74) is 1.94. The van der Waals surface area contributed by atoms with Crippen molar-refractivity contribution < 1.29 is 14.3 Å².